The van der Waals surface area contributed by atoms with Gasteiger partial charge in [-0.2, -0.15) is 0 Å². The molecule has 10 heteroatoms. The number of nitro benzene ring substituents is 1. The highest BCUT2D eigenvalue weighted by atomic mass is 16.6. The van der Waals surface area contributed by atoms with Crippen LogP contribution in [0.25, 0.3) is 6.08 Å². The van der Waals surface area contributed by atoms with E-state index in [4.69, 9.17) is 4.65 Å². The monoisotopic (exact) mass is 572 g/mol. The molecule has 5 rings (SSSR count). The standard InChI is InChI=1S/C32H37BN2O7/c1-3-8-20(16-21-10-5-6-13-27(21)36)14-15-28-29-22(9-4-2)17-25-30(26(29)19-33(39)42-28)32(38)34(31(25)37)23-11-7-12-24(18-23)35(40)41/h5-7,10-13,16,18,25-26,28,30,36,39H,3-4,8-9,14-15,17,19H2,1-2H3/b20-16+/t25-,26+,28-,30-/m1/s1. The summed E-state index contributed by atoms with van der Waals surface area (Å²) in [7, 11) is -1.07. The number of phenolic OH excluding ortho intramolecular Hbond substituents is 1. The number of carbonyl (C=O) groups excluding carboxylic acids is 2. The molecule has 0 radical (unpaired) electrons. The fourth-order valence-electron chi connectivity index (χ4n) is 7.04. The minimum Gasteiger partial charge on any atom is -0.507 e. The molecule has 42 heavy (non-hydrogen) atoms. The van der Waals surface area contributed by atoms with Crippen LogP contribution in [0.5, 0.6) is 5.75 Å². The van der Waals surface area contributed by atoms with Crippen LogP contribution >= 0.6 is 0 Å². The van der Waals surface area contributed by atoms with Gasteiger partial charge in [0.2, 0.25) is 11.8 Å². The summed E-state index contributed by atoms with van der Waals surface area (Å²) in [6.45, 7) is 4.18. The lowest BCUT2D eigenvalue weighted by atomic mass is 9.58. The van der Waals surface area contributed by atoms with E-state index in [9.17, 15) is 29.8 Å². The van der Waals surface area contributed by atoms with Gasteiger partial charge in [0.1, 0.15) is 5.75 Å². The van der Waals surface area contributed by atoms with Crippen molar-refractivity contribution in [3.8, 4) is 5.75 Å². The van der Waals surface area contributed by atoms with Gasteiger partial charge in [-0.1, -0.05) is 68.2 Å². The van der Waals surface area contributed by atoms with E-state index in [1.807, 2.05) is 18.2 Å². The Bertz CT molecular complexity index is 1440. The average Bonchev–Trinajstić information content (AvgIpc) is 3.22. The highest BCUT2D eigenvalue weighted by molar-refractivity contribution is 6.43. The van der Waals surface area contributed by atoms with Crippen molar-refractivity contribution in [2.75, 3.05) is 4.90 Å². The zero-order valence-corrected chi connectivity index (χ0v) is 24.1. The van der Waals surface area contributed by atoms with Crippen LogP contribution in [0, 0.1) is 27.9 Å². The number of anilines is 1. The molecule has 0 unspecified atom stereocenters. The number of benzene rings is 2. The molecule has 0 aromatic heterocycles. The van der Waals surface area contributed by atoms with Crippen LogP contribution in [-0.2, 0) is 14.2 Å². The van der Waals surface area contributed by atoms with Crippen molar-refractivity contribution < 1.29 is 29.3 Å². The maximum Gasteiger partial charge on any atom is 0.455 e. The minimum absolute atomic E-state index is 0.185. The number of carbonyl (C=O) groups is 2. The van der Waals surface area contributed by atoms with Crippen molar-refractivity contribution in [1.82, 2.24) is 0 Å². The summed E-state index contributed by atoms with van der Waals surface area (Å²) in [5, 5.41) is 32.5. The molecule has 0 spiro atoms. The highest BCUT2D eigenvalue weighted by Crippen LogP contribution is 2.52. The fourth-order valence-corrected chi connectivity index (χ4v) is 7.04. The molecule has 2 saturated heterocycles. The van der Waals surface area contributed by atoms with Gasteiger partial charge in [-0.05, 0) is 62.0 Å². The van der Waals surface area contributed by atoms with E-state index >= 15 is 0 Å². The molecule has 2 aliphatic heterocycles. The Kier molecular flexibility index (Phi) is 8.94. The van der Waals surface area contributed by atoms with Crippen molar-refractivity contribution in [2.24, 2.45) is 17.8 Å². The zero-order chi connectivity index (χ0) is 30.0. The third-order valence-corrected chi connectivity index (χ3v) is 8.75. The van der Waals surface area contributed by atoms with E-state index in [0.29, 0.717) is 19.3 Å². The van der Waals surface area contributed by atoms with Crippen molar-refractivity contribution in [1.29, 1.82) is 0 Å². The van der Waals surface area contributed by atoms with Gasteiger partial charge in [-0.3, -0.25) is 19.7 Å². The smallest absolute Gasteiger partial charge is 0.455 e. The van der Waals surface area contributed by atoms with Crippen LogP contribution < -0.4 is 4.90 Å². The summed E-state index contributed by atoms with van der Waals surface area (Å²) in [6, 6.07) is 12.8. The second kappa shape index (κ2) is 12.6. The predicted octanol–water partition coefficient (Wildman–Crippen LogP) is 6.07. The molecule has 2 aromatic rings. The van der Waals surface area contributed by atoms with Gasteiger partial charge in [0.05, 0.1) is 28.6 Å². The number of hydrogen-bond acceptors (Lipinski definition) is 7. The van der Waals surface area contributed by atoms with Gasteiger partial charge >= 0.3 is 7.12 Å². The van der Waals surface area contributed by atoms with E-state index in [1.165, 1.54) is 18.2 Å². The normalized spacial score (nSPS) is 24.2. The first-order valence-electron chi connectivity index (χ1n) is 14.9. The summed E-state index contributed by atoms with van der Waals surface area (Å²) in [5.74, 6) is -2.07. The molecule has 2 heterocycles. The number of allylic oxidation sites excluding steroid dienone is 2. The molecule has 0 bridgehead atoms. The molecule has 1 aliphatic carbocycles. The Hall–Kier alpha value is -3.76. The first-order chi connectivity index (χ1) is 20.2. The van der Waals surface area contributed by atoms with Gasteiger partial charge in [0.25, 0.3) is 5.69 Å². The highest BCUT2D eigenvalue weighted by Gasteiger charge is 2.57. The Morgan fingerprint density at radius 1 is 1.10 bits per heavy atom. The summed E-state index contributed by atoms with van der Waals surface area (Å²) in [6.07, 6.45) is 6.98. The van der Waals surface area contributed by atoms with Crippen LogP contribution in [0.3, 0.4) is 0 Å². The quantitative estimate of drug-likeness (QED) is 0.116. The fraction of sp³-hybridized carbons (Fsp3) is 0.438. The molecular formula is C32H37BN2O7. The minimum atomic E-state index is -1.07. The van der Waals surface area contributed by atoms with Crippen molar-refractivity contribution in [3.05, 3.63) is 80.9 Å². The number of amides is 2. The van der Waals surface area contributed by atoms with Crippen molar-refractivity contribution in [2.45, 2.75) is 71.2 Å². The maximum atomic E-state index is 13.9. The number of non-ortho nitro benzene ring substituents is 1. The van der Waals surface area contributed by atoms with Gasteiger partial charge in [0, 0.05) is 17.7 Å². The predicted molar refractivity (Wildman–Crippen MR) is 160 cm³/mol. The van der Waals surface area contributed by atoms with Gasteiger partial charge < -0.3 is 14.8 Å². The van der Waals surface area contributed by atoms with Gasteiger partial charge in [0.15, 0.2) is 0 Å². The van der Waals surface area contributed by atoms with Crippen LogP contribution in [-0.4, -0.2) is 40.1 Å². The van der Waals surface area contributed by atoms with Crippen molar-refractivity contribution in [3.63, 3.8) is 0 Å². The lowest BCUT2D eigenvalue weighted by Crippen LogP contribution is -2.46. The first kappa shape index (κ1) is 29.7. The number of aromatic hydroxyl groups is 1. The number of imide groups is 1. The number of para-hydroxylation sites is 1. The zero-order valence-electron chi connectivity index (χ0n) is 24.1. The van der Waals surface area contributed by atoms with E-state index < -0.39 is 30.0 Å². The molecule has 220 valence electrons. The number of fused-ring (bicyclic) bond motifs is 3. The van der Waals surface area contributed by atoms with Gasteiger partial charge in [-0.15, -0.1) is 0 Å². The number of phenols is 1. The molecule has 2 fully saturated rings. The van der Waals surface area contributed by atoms with Gasteiger partial charge in [-0.25, -0.2) is 4.90 Å². The first-order valence-corrected chi connectivity index (χ1v) is 14.9. The van der Waals surface area contributed by atoms with Crippen LogP contribution in [0.15, 0.2) is 65.3 Å². The van der Waals surface area contributed by atoms with Crippen LogP contribution in [0.1, 0.15) is 64.4 Å². The largest absolute Gasteiger partial charge is 0.507 e. The summed E-state index contributed by atoms with van der Waals surface area (Å²) < 4.78 is 6.14. The maximum absolute atomic E-state index is 13.9. The van der Waals surface area contributed by atoms with E-state index in [1.54, 1.807) is 18.2 Å². The van der Waals surface area contributed by atoms with Crippen LogP contribution in [0.2, 0.25) is 6.32 Å². The van der Waals surface area contributed by atoms with E-state index in [-0.39, 0.29) is 41.2 Å². The lowest BCUT2D eigenvalue weighted by molar-refractivity contribution is -0.384. The summed E-state index contributed by atoms with van der Waals surface area (Å²) >= 11 is 0. The molecule has 9 nitrogen and oxygen atoms in total. The number of rotatable bonds is 10. The third-order valence-electron chi connectivity index (χ3n) is 8.75. The second-order valence-corrected chi connectivity index (χ2v) is 11.5. The molecule has 2 N–H and O–H groups in total. The SMILES string of the molecule is CCCC1=C2[C@@H](CC/C(=C/c3ccccc3O)CCC)OB(O)C[C@@H]2[C@@H]2C(=O)N(c3cccc([N+](=O)[O-])c3)C(=O)[C@@H]2C1. The third kappa shape index (κ3) is 5.78. The molecule has 4 atom stereocenters. The number of nitro groups is 1. The number of nitrogens with zero attached hydrogens (tertiary/aromatic N) is 2. The van der Waals surface area contributed by atoms with E-state index in [0.717, 1.165) is 52.9 Å². The van der Waals surface area contributed by atoms with Crippen molar-refractivity contribution >= 4 is 36.4 Å². The average molecular weight is 572 g/mol. The second-order valence-electron chi connectivity index (χ2n) is 11.5. The Morgan fingerprint density at radius 2 is 1.88 bits per heavy atom. The Morgan fingerprint density at radius 3 is 2.60 bits per heavy atom. The molecule has 3 aliphatic rings. The molecule has 2 aromatic carbocycles. The topological polar surface area (TPSA) is 130 Å². The Labute approximate surface area is 246 Å². The molecule has 0 saturated carbocycles. The summed E-state index contributed by atoms with van der Waals surface area (Å²) in [4.78, 5) is 39.6. The van der Waals surface area contributed by atoms with E-state index in [2.05, 4.69) is 13.8 Å². The van der Waals surface area contributed by atoms with Crippen LogP contribution in [0.4, 0.5) is 11.4 Å². The lowest BCUT2D eigenvalue weighted by Gasteiger charge is -2.43. The Balaban J connectivity index is 1.45. The molecular weight excluding hydrogens is 535 g/mol. The summed E-state index contributed by atoms with van der Waals surface area (Å²) in [5.41, 5.74) is 4.08. The number of hydrogen-bond donors (Lipinski definition) is 2. The molecule has 2 amide bonds.